The van der Waals surface area contributed by atoms with Gasteiger partial charge in [-0.25, -0.2) is 0 Å². The molecule has 1 aliphatic carbocycles. The van der Waals surface area contributed by atoms with Gasteiger partial charge in [-0.05, 0) is 42.5 Å². The summed E-state index contributed by atoms with van der Waals surface area (Å²) in [6.07, 6.45) is 7.26. The molecule has 4 nitrogen and oxygen atoms in total. The molecule has 0 radical (unpaired) electrons. The number of nitrogens with zero attached hydrogens (tertiary/aromatic N) is 2. The standard InChI is InChI=1S/C17H17N3O/c1-2-6-15-13(4-1)8-12(9-18-15)11-21-16-7-3-5-14-10-19-20-17(14)16/h1-2,4,6,8-10,16H,3,5,7,11H2,(H,19,20). The number of ether oxygens (including phenoxy) is 1. The molecule has 1 atom stereocenters. The molecule has 2 heterocycles. The Bertz CT molecular complexity index is 765. The second-order valence-electron chi connectivity index (χ2n) is 5.54. The lowest BCUT2D eigenvalue weighted by molar-refractivity contribution is 0.0254. The van der Waals surface area contributed by atoms with Gasteiger partial charge in [-0.1, -0.05) is 18.2 Å². The molecule has 4 heteroatoms. The first-order valence-corrected chi connectivity index (χ1v) is 7.37. The molecule has 0 spiro atoms. The van der Waals surface area contributed by atoms with Gasteiger partial charge in [-0.3, -0.25) is 10.1 Å². The first-order valence-electron chi connectivity index (χ1n) is 7.37. The van der Waals surface area contributed by atoms with Gasteiger partial charge in [0.2, 0.25) is 0 Å². The number of rotatable bonds is 3. The Morgan fingerprint density at radius 3 is 3.19 bits per heavy atom. The molecule has 0 amide bonds. The van der Waals surface area contributed by atoms with E-state index in [1.165, 1.54) is 5.56 Å². The van der Waals surface area contributed by atoms with E-state index < -0.39 is 0 Å². The number of aryl methyl sites for hydroxylation is 1. The zero-order valence-electron chi connectivity index (χ0n) is 11.7. The molecule has 1 unspecified atom stereocenters. The first-order chi connectivity index (χ1) is 10.4. The van der Waals surface area contributed by atoms with Crippen molar-refractivity contribution in [3.05, 3.63) is 59.5 Å². The average molecular weight is 279 g/mol. The fourth-order valence-electron chi connectivity index (χ4n) is 2.98. The second kappa shape index (κ2) is 5.30. The van der Waals surface area contributed by atoms with Crippen LogP contribution in [0.25, 0.3) is 10.9 Å². The molecule has 0 aliphatic heterocycles. The molecular formula is C17H17N3O. The lowest BCUT2D eigenvalue weighted by Crippen LogP contribution is -2.12. The maximum Gasteiger partial charge on any atom is 0.0996 e. The number of hydrogen-bond donors (Lipinski definition) is 1. The van der Waals surface area contributed by atoms with Crippen LogP contribution >= 0.6 is 0 Å². The summed E-state index contributed by atoms with van der Waals surface area (Å²) in [4.78, 5) is 4.48. The third-order valence-electron chi connectivity index (χ3n) is 4.08. The quantitative estimate of drug-likeness (QED) is 0.797. The highest BCUT2D eigenvalue weighted by Crippen LogP contribution is 2.31. The van der Waals surface area contributed by atoms with Crippen molar-refractivity contribution in [2.75, 3.05) is 0 Å². The molecule has 4 rings (SSSR count). The van der Waals surface area contributed by atoms with E-state index in [2.05, 4.69) is 27.3 Å². The SMILES string of the molecule is c1ccc2ncc(COC3CCCc4cn[nH]c43)cc2c1. The molecule has 1 N–H and O–H groups in total. The lowest BCUT2D eigenvalue weighted by atomic mass is 9.96. The highest BCUT2D eigenvalue weighted by Gasteiger charge is 2.22. The number of aromatic amines is 1. The number of aromatic nitrogens is 3. The number of H-pyrrole nitrogens is 1. The van der Waals surface area contributed by atoms with Crippen LogP contribution in [0, 0.1) is 0 Å². The first kappa shape index (κ1) is 12.5. The monoisotopic (exact) mass is 279 g/mol. The fraction of sp³-hybridized carbons (Fsp3) is 0.294. The normalized spacial score (nSPS) is 17.8. The van der Waals surface area contributed by atoms with Crippen LogP contribution in [0.5, 0.6) is 0 Å². The maximum absolute atomic E-state index is 6.09. The molecule has 1 aliphatic rings. The molecule has 1 aromatic carbocycles. The molecule has 3 aromatic rings. The highest BCUT2D eigenvalue weighted by molar-refractivity contribution is 5.78. The lowest BCUT2D eigenvalue weighted by Gasteiger charge is -2.22. The average Bonchev–Trinajstić information content (AvgIpc) is 3.02. The van der Waals surface area contributed by atoms with Crippen LogP contribution in [-0.2, 0) is 17.8 Å². The van der Waals surface area contributed by atoms with Gasteiger partial charge in [-0.2, -0.15) is 5.10 Å². The van der Waals surface area contributed by atoms with Crippen molar-refractivity contribution in [2.45, 2.75) is 32.0 Å². The van der Waals surface area contributed by atoms with E-state index in [9.17, 15) is 0 Å². The number of fused-ring (bicyclic) bond motifs is 2. The van der Waals surface area contributed by atoms with E-state index in [1.54, 1.807) is 0 Å². The van der Waals surface area contributed by atoms with E-state index in [1.807, 2.05) is 30.6 Å². The summed E-state index contributed by atoms with van der Waals surface area (Å²) in [5.41, 5.74) is 4.58. The zero-order valence-corrected chi connectivity index (χ0v) is 11.7. The van der Waals surface area contributed by atoms with Gasteiger partial charge in [0, 0.05) is 11.6 Å². The van der Waals surface area contributed by atoms with Gasteiger partial charge in [0.15, 0.2) is 0 Å². The van der Waals surface area contributed by atoms with Gasteiger partial charge in [0.05, 0.1) is 30.1 Å². The van der Waals surface area contributed by atoms with E-state index in [4.69, 9.17) is 4.74 Å². The van der Waals surface area contributed by atoms with Crippen LogP contribution < -0.4 is 0 Å². The number of nitrogens with one attached hydrogen (secondary N) is 1. The van der Waals surface area contributed by atoms with Crippen molar-refractivity contribution in [3.63, 3.8) is 0 Å². The Kier molecular flexibility index (Phi) is 3.16. The molecule has 21 heavy (non-hydrogen) atoms. The van der Waals surface area contributed by atoms with Gasteiger partial charge < -0.3 is 4.74 Å². The van der Waals surface area contributed by atoms with E-state index in [0.717, 1.165) is 41.4 Å². The Hall–Kier alpha value is -2.20. The predicted molar refractivity (Wildman–Crippen MR) is 80.8 cm³/mol. The summed E-state index contributed by atoms with van der Waals surface area (Å²) in [5.74, 6) is 0. The highest BCUT2D eigenvalue weighted by atomic mass is 16.5. The van der Waals surface area contributed by atoms with Gasteiger partial charge >= 0.3 is 0 Å². The molecule has 2 aromatic heterocycles. The Labute approximate surface area is 123 Å². The topological polar surface area (TPSA) is 50.8 Å². The molecule has 0 bridgehead atoms. The molecule has 0 fully saturated rings. The maximum atomic E-state index is 6.09. The second-order valence-corrected chi connectivity index (χ2v) is 5.54. The third kappa shape index (κ3) is 2.43. The molecule has 0 saturated carbocycles. The summed E-state index contributed by atoms with van der Waals surface area (Å²) in [6, 6.07) is 10.3. The zero-order chi connectivity index (χ0) is 14.1. The summed E-state index contributed by atoms with van der Waals surface area (Å²) in [6.45, 7) is 0.584. The minimum absolute atomic E-state index is 0.128. The number of pyridine rings is 1. The number of hydrogen-bond acceptors (Lipinski definition) is 3. The summed E-state index contributed by atoms with van der Waals surface area (Å²) >= 11 is 0. The van der Waals surface area contributed by atoms with Crippen molar-refractivity contribution in [1.29, 1.82) is 0 Å². The Morgan fingerprint density at radius 1 is 1.24 bits per heavy atom. The van der Waals surface area contributed by atoms with E-state index in [-0.39, 0.29) is 6.10 Å². The summed E-state index contributed by atoms with van der Waals surface area (Å²) in [5, 5.41) is 8.37. The predicted octanol–water partition coefficient (Wildman–Crippen LogP) is 3.55. The third-order valence-corrected chi connectivity index (χ3v) is 4.08. The van der Waals surface area contributed by atoms with Crippen molar-refractivity contribution >= 4 is 10.9 Å². The Balaban J connectivity index is 1.51. The molecular weight excluding hydrogens is 262 g/mol. The van der Waals surface area contributed by atoms with Gasteiger partial charge in [0.1, 0.15) is 0 Å². The van der Waals surface area contributed by atoms with Gasteiger partial charge in [-0.15, -0.1) is 0 Å². The molecule has 0 saturated heterocycles. The van der Waals surface area contributed by atoms with Crippen LogP contribution in [0.1, 0.15) is 35.8 Å². The van der Waals surface area contributed by atoms with Crippen molar-refractivity contribution in [2.24, 2.45) is 0 Å². The minimum atomic E-state index is 0.128. The van der Waals surface area contributed by atoms with Crippen molar-refractivity contribution in [3.8, 4) is 0 Å². The minimum Gasteiger partial charge on any atom is -0.367 e. The van der Waals surface area contributed by atoms with Crippen LogP contribution in [0.15, 0.2) is 42.7 Å². The van der Waals surface area contributed by atoms with Crippen LogP contribution in [0.2, 0.25) is 0 Å². The number of para-hydroxylation sites is 1. The Morgan fingerprint density at radius 2 is 2.19 bits per heavy atom. The van der Waals surface area contributed by atoms with Crippen LogP contribution in [0.4, 0.5) is 0 Å². The molecule has 106 valence electrons. The van der Waals surface area contributed by atoms with Crippen molar-refractivity contribution in [1.82, 2.24) is 15.2 Å². The fourth-order valence-corrected chi connectivity index (χ4v) is 2.98. The summed E-state index contributed by atoms with van der Waals surface area (Å²) < 4.78 is 6.09. The summed E-state index contributed by atoms with van der Waals surface area (Å²) in [7, 11) is 0. The largest absolute Gasteiger partial charge is 0.367 e. The van der Waals surface area contributed by atoms with E-state index >= 15 is 0 Å². The smallest absolute Gasteiger partial charge is 0.0996 e. The van der Waals surface area contributed by atoms with E-state index in [0.29, 0.717) is 6.61 Å². The van der Waals surface area contributed by atoms with Crippen LogP contribution in [0.3, 0.4) is 0 Å². The van der Waals surface area contributed by atoms with Crippen LogP contribution in [-0.4, -0.2) is 15.2 Å². The number of benzene rings is 1. The van der Waals surface area contributed by atoms with Gasteiger partial charge in [0.25, 0.3) is 0 Å². The van der Waals surface area contributed by atoms with Crippen molar-refractivity contribution < 1.29 is 4.74 Å².